The summed E-state index contributed by atoms with van der Waals surface area (Å²) >= 11 is 1.63. The van der Waals surface area contributed by atoms with Gasteiger partial charge in [-0.25, -0.2) is 4.98 Å². The van der Waals surface area contributed by atoms with Crippen molar-refractivity contribution in [3.8, 4) is 0 Å². The molecule has 82 valence electrons. The third kappa shape index (κ3) is 3.00. The lowest BCUT2D eigenvalue weighted by molar-refractivity contribution is -0.124. The predicted octanol–water partition coefficient (Wildman–Crippen LogP) is 0.411. The van der Waals surface area contributed by atoms with Gasteiger partial charge in [-0.05, 0) is 13.0 Å². The first-order chi connectivity index (χ1) is 7.36. The van der Waals surface area contributed by atoms with E-state index in [-0.39, 0.29) is 11.8 Å². The van der Waals surface area contributed by atoms with E-state index in [1.165, 1.54) is 0 Å². The molecule has 15 heavy (non-hydrogen) atoms. The van der Waals surface area contributed by atoms with E-state index in [9.17, 15) is 4.79 Å². The van der Waals surface area contributed by atoms with Crippen LogP contribution in [0, 0.1) is 5.92 Å². The number of thiazole rings is 1. The Morgan fingerprint density at radius 2 is 2.67 bits per heavy atom. The molecule has 1 aromatic heterocycles. The second kappa shape index (κ2) is 5.23. The van der Waals surface area contributed by atoms with Gasteiger partial charge in [0.2, 0.25) is 5.91 Å². The maximum Gasteiger partial charge on any atom is 0.224 e. The minimum Gasteiger partial charge on any atom is -0.355 e. The minimum absolute atomic E-state index is 0.168. The van der Waals surface area contributed by atoms with Crippen LogP contribution in [0.15, 0.2) is 11.6 Å². The van der Waals surface area contributed by atoms with E-state index in [1.807, 2.05) is 5.38 Å². The standard InChI is InChI=1S/C10H15N3OS/c14-10(8-1-3-11-7-8)13-4-2-9-12-5-6-15-9/h5-6,8,11H,1-4,7H2,(H,13,14). The number of aromatic nitrogens is 1. The summed E-state index contributed by atoms with van der Waals surface area (Å²) in [5, 5.41) is 9.18. The molecule has 0 bridgehead atoms. The second-order valence-electron chi connectivity index (χ2n) is 3.66. The summed E-state index contributed by atoms with van der Waals surface area (Å²) in [6, 6.07) is 0. The van der Waals surface area contributed by atoms with Crippen molar-refractivity contribution in [2.45, 2.75) is 12.8 Å². The summed E-state index contributed by atoms with van der Waals surface area (Å²) in [6.07, 6.45) is 3.59. The normalized spacial score (nSPS) is 20.4. The molecule has 1 amide bonds. The van der Waals surface area contributed by atoms with Gasteiger partial charge < -0.3 is 10.6 Å². The van der Waals surface area contributed by atoms with Crippen molar-refractivity contribution in [2.24, 2.45) is 5.92 Å². The number of nitrogens with zero attached hydrogens (tertiary/aromatic N) is 1. The molecular formula is C10H15N3OS. The lowest BCUT2D eigenvalue weighted by Crippen LogP contribution is -2.33. The minimum atomic E-state index is 0.168. The number of rotatable bonds is 4. The third-order valence-corrected chi connectivity index (χ3v) is 3.39. The fraction of sp³-hybridized carbons (Fsp3) is 0.600. The van der Waals surface area contributed by atoms with E-state index in [0.717, 1.165) is 30.9 Å². The highest BCUT2D eigenvalue weighted by atomic mass is 32.1. The molecule has 1 saturated heterocycles. The van der Waals surface area contributed by atoms with Crippen LogP contribution >= 0.6 is 11.3 Å². The van der Waals surface area contributed by atoms with E-state index >= 15 is 0 Å². The van der Waals surface area contributed by atoms with E-state index in [0.29, 0.717) is 6.54 Å². The number of hydrogen-bond acceptors (Lipinski definition) is 4. The summed E-state index contributed by atoms with van der Waals surface area (Å²) in [6.45, 7) is 2.48. The van der Waals surface area contributed by atoms with Gasteiger partial charge in [0.1, 0.15) is 0 Å². The molecule has 1 aliphatic heterocycles. The summed E-state index contributed by atoms with van der Waals surface area (Å²) < 4.78 is 0. The van der Waals surface area contributed by atoms with Crippen molar-refractivity contribution in [3.63, 3.8) is 0 Å². The van der Waals surface area contributed by atoms with E-state index in [1.54, 1.807) is 17.5 Å². The summed E-state index contributed by atoms with van der Waals surface area (Å²) in [5.74, 6) is 0.345. The number of nitrogens with one attached hydrogen (secondary N) is 2. The van der Waals surface area contributed by atoms with E-state index in [2.05, 4.69) is 15.6 Å². The molecule has 2 rings (SSSR count). The summed E-state index contributed by atoms with van der Waals surface area (Å²) in [4.78, 5) is 15.8. The van der Waals surface area contributed by atoms with Gasteiger partial charge in [-0.3, -0.25) is 4.79 Å². The van der Waals surface area contributed by atoms with Gasteiger partial charge in [-0.15, -0.1) is 11.3 Å². The maximum absolute atomic E-state index is 11.6. The van der Waals surface area contributed by atoms with Crippen LogP contribution in [0.1, 0.15) is 11.4 Å². The third-order valence-electron chi connectivity index (χ3n) is 2.55. The van der Waals surface area contributed by atoms with Gasteiger partial charge in [-0.2, -0.15) is 0 Å². The Kier molecular flexibility index (Phi) is 3.69. The Balaban J connectivity index is 1.67. The molecule has 1 aliphatic rings. The Labute approximate surface area is 93.1 Å². The van der Waals surface area contributed by atoms with Crippen molar-refractivity contribution in [3.05, 3.63) is 16.6 Å². The molecule has 1 fully saturated rings. The van der Waals surface area contributed by atoms with Crippen LogP contribution in [0.25, 0.3) is 0 Å². The zero-order valence-corrected chi connectivity index (χ0v) is 9.35. The molecule has 0 radical (unpaired) electrons. The van der Waals surface area contributed by atoms with Gasteiger partial charge >= 0.3 is 0 Å². The lowest BCUT2D eigenvalue weighted by atomic mass is 10.1. The predicted molar refractivity (Wildman–Crippen MR) is 59.8 cm³/mol. The van der Waals surface area contributed by atoms with E-state index in [4.69, 9.17) is 0 Å². The molecule has 5 heteroatoms. The zero-order chi connectivity index (χ0) is 10.5. The monoisotopic (exact) mass is 225 g/mol. The topological polar surface area (TPSA) is 54.0 Å². The Morgan fingerprint density at radius 3 is 3.33 bits per heavy atom. The van der Waals surface area contributed by atoms with Gasteiger partial charge in [0, 0.05) is 31.1 Å². The summed E-state index contributed by atoms with van der Waals surface area (Å²) in [7, 11) is 0. The van der Waals surface area contributed by atoms with Crippen molar-refractivity contribution in [2.75, 3.05) is 19.6 Å². The number of amides is 1. The smallest absolute Gasteiger partial charge is 0.224 e. The zero-order valence-electron chi connectivity index (χ0n) is 8.53. The Hall–Kier alpha value is -0.940. The molecular weight excluding hydrogens is 210 g/mol. The van der Waals surface area contributed by atoms with Crippen molar-refractivity contribution >= 4 is 17.2 Å². The molecule has 0 saturated carbocycles. The lowest BCUT2D eigenvalue weighted by Gasteiger charge is -2.08. The molecule has 4 nitrogen and oxygen atoms in total. The van der Waals surface area contributed by atoms with Crippen LogP contribution in [0.3, 0.4) is 0 Å². The number of carbonyl (C=O) groups excluding carboxylic acids is 1. The first-order valence-electron chi connectivity index (χ1n) is 5.23. The molecule has 1 unspecified atom stereocenters. The van der Waals surface area contributed by atoms with Crippen molar-refractivity contribution in [1.82, 2.24) is 15.6 Å². The van der Waals surface area contributed by atoms with Crippen LogP contribution in [0.4, 0.5) is 0 Å². The first kappa shape index (κ1) is 10.6. The van der Waals surface area contributed by atoms with Crippen molar-refractivity contribution in [1.29, 1.82) is 0 Å². The van der Waals surface area contributed by atoms with Crippen LogP contribution in [-0.4, -0.2) is 30.5 Å². The van der Waals surface area contributed by atoms with Crippen LogP contribution in [0.5, 0.6) is 0 Å². The van der Waals surface area contributed by atoms with Crippen LogP contribution in [0.2, 0.25) is 0 Å². The molecule has 0 aliphatic carbocycles. The van der Waals surface area contributed by atoms with Crippen molar-refractivity contribution < 1.29 is 4.79 Å². The first-order valence-corrected chi connectivity index (χ1v) is 6.11. The number of carbonyl (C=O) groups is 1. The fourth-order valence-electron chi connectivity index (χ4n) is 1.69. The average Bonchev–Trinajstić information content (AvgIpc) is 2.90. The molecule has 0 aromatic carbocycles. The number of hydrogen-bond donors (Lipinski definition) is 2. The molecule has 1 aromatic rings. The quantitative estimate of drug-likeness (QED) is 0.780. The largest absolute Gasteiger partial charge is 0.355 e. The van der Waals surface area contributed by atoms with Gasteiger partial charge in [0.15, 0.2) is 0 Å². The fourth-order valence-corrected chi connectivity index (χ4v) is 2.31. The average molecular weight is 225 g/mol. The maximum atomic E-state index is 11.6. The van der Waals surface area contributed by atoms with E-state index < -0.39 is 0 Å². The van der Waals surface area contributed by atoms with Gasteiger partial charge in [-0.1, -0.05) is 0 Å². The highest BCUT2D eigenvalue weighted by Crippen LogP contribution is 2.07. The van der Waals surface area contributed by atoms with Gasteiger partial charge in [0.05, 0.1) is 10.9 Å². The SMILES string of the molecule is O=C(NCCc1nccs1)C1CCNC1. The Morgan fingerprint density at radius 1 is 1.73 bits per heavy atom. The van der Waals surface area contributed by atoms with Gasteiger partial charge in [0.25, 0.3) is 0 Å². The molecule has 2 heterocycles. The van der Waals surface area contributed by atoms with Crippen LogP contribution < -0.4 is 10.6 Å². The second-order valence-corrected chi connectivity index (χ2v) is 4.64. The Bertz CT molecular complexity index is 306. The highest BCUT2D eigenvalue weighted by molar-refractivity contribution is 7.09. The molecule has 1 atom stereocenters. The molecule has 0 spiro atoms. The summed E-state index contributed by atoms with van der Waals surface area (Å²) in [5.41, 5.74) is 0. The van der Waals surface area contributed by atoms with Crippen LogP contribution in [-0.2, 0) is 11.2 Å². The highest BCUT2D eigenvalue weighted by Gasteiger charge is 2.21. The molecule has 2 N–H and O–H groups in total.